The molecule has 0 spiro atoms. The molecular weight excluding hydrogens is 479 g/mol. The highest BCUT2D eigenvalue weighted by Crippen LogP contribution is 2.34. The number of esters is 1. The predicted molar refractivity (Wildman–Crippen MR) is 114 cm³/mol. The highest BCUT2D eigenvalue weighted by atomic mass is 35.5. The molecule has 34 heavy (non-hydrogen) atoms. The van der Waals surface area contributed by atoms with Crippen LogP contribution in [0.25, 0.3) is 16.9 Å². The number of halogens is 6. The van der Waals surface area contributed by atoms with Gasteiger partial charge in [-0.1, -0.05) is 35.9 Å². The molecule has 0 fully saturated rings. The quantitative estimate of drug-likeness (QED) is 0.226. The van der Waals surface area contributed by atoms with Crippen LogP contribution in [0.15, 0.2) is 72.8 Å². The summed E-state index contributed by atoms with van der Waals surface area (Å²) in [4.78, 5) is 12.3. The molecule has 10 heteroatoms. The average molecular weight is 493 g/mol. The van der Waals surface area contributed by atoms with Gasteiger partial charge in [-0.3, -0.25) is 0 Å². The standard InChI is InChI=1S/C24H14ClF5N2O2/c25-18-3-1-2-4-20(18)32-21(12-22(31-32)24(28,29)30)14-5-7-15(8-6-14)23(33)34-13-16-9-10-17(26)11-19(16)27/h1-12H,13H2. The van der Waals surface area contributed by atoms with E-state index in [2.05, 4.69) is 5.10 Å². The van der Waals surface area contributed by atoms with Gasteiger partial charge in [0.05, 0.1) is 22.0 Å². The van der Waals surface area contributed by atoms with E-state index in [9.17, 15) is 26.7 Å². The average Bonchev–Trinajstić information content (AvgIpc) is 3.24. The van der Waals surface area contributed by atoms with E-state index < -0.39 is 36.1 Å². The number of carbonyl (C=O) groups is 1. The number of para-hydroxylation sites is 1. The number of carbonyl (C=O) groups excluding carboxylic acids is 1. The first-order chi connectivity index (χ1) is 16.1. The van der Waals surface area contributed by atoms with Crippen LogP contribution in [0.5, 0.6) is 0 Å². The van der Waals surface area contributed by atoms with Crippen molar-refractivity contribution in [2.75, 3.05) is 0 Å². The lowest BCUT2D eigenvalue weighted by molar-refractivity contribution is -0.141. The third kappa shape index (κ3) is 4.94. The molecule has 4 aromatic rings. The van der Waals surface area contributed by atoms with Crippen molar-refractivity contribution in [2.45, 2.75) is 12.8 Å². The largest absolute Gasteiger partial charge is 0.457 e. The zero-order chi connectivity index (χ0) is 24.5. The molecular formula is C24H14ClF5N2O2. The van der Waals surface area contributed by atoms with Gasteiger partial charge in [0.1, 0.15) is 18.2 Å². The van der Waals surface area contributed by atoms with E-state index in [-0.39, 0.29) is 27.5 Å². The van der Waals surface area contributed by atoms with Crippen LogP contribution >= 0.6 is 11.6 Å². The number of rotatable bonds is 5. The second-order valence-corrected chi connectivity index (χ2v) is 7.57. The molecule has 0 aliphatic heterocycles. The summed E-state index contributed by atoms with van der Waals surface area (Å²) in [6, 6.07) is 15.6. The summed E-state index contributed by atoms with van der Waals surface area (Å²) in [5.74, 6) is -2.39. The van der Waals surface area contributed by atoms with E-state index >= 15 is 0 Å². The van der Waals surface area contributed by atoms with Crippen LogP contribution in [-0.4, -0.2) is 15.7 Å². The number of aromatic nitrogens is 2. The van der Waals surface area contributed by atoms with Crippen LogP contribution in [0.3, 0.4) is 0 Å². The highest BCUT2D eigenvalue weighted by molar-refractivity contribution is 6.32. The summed E-state index contributed by atoms with van der Waals surface area (Å²) < 4.78 is 72.9. The van der Waals surface area contributed by atoms with E-state index in [1.165, 1.54) is 36.4 Å². The lowest BCUT2D eigenvalue weighted by atomic mass is 10.1. The topological polar surface area (TPSA) is 44.1 Å². The Labute approximate surface area is 195 Å². The lowest BCUT2D eigenvalue weighted by Crippen LogP contribution is -2.07. The van der Waals surface area contributed by atoms with Gasteiger partial charge in [0.2, 0.25) is 0 Å². The third-order valence-corrected chi connectivity index (χ3v) is 5.19. The zero-order valence-corrected chi connectivity index (χ0v) is 17.9. The van der Waals surface area contributed by atoms with E-state index in [4.69, 9.17) is 16.3 Å². The number of hydrogen-bond acceptors (Lipinski definition) is 3. The summed E-state index contributed by atoms with van der Waals surface area (Å²) in [5.41, 5.74) is -0.328. The SMILES string of the molecule is O=C(OCc1ccc(F)cc1F)c1ccc(-c2cc(C(F)(F)F)nn2-c2ccccc2Cl)cc1. The van der Waals surface area contributed by atoms with Gasteiger partial charge < -0.3 is 4.74 Å². The molecule has 0 N–H and O–H groups in total. The molecule has 4 rings (SSSR count). The maximum absolute atomic E-state index is 13.7. The Bertz CT molecular complexity index is 1350. The molecule has 0 aliphatic carbocycles. The zero-order valence-electron chi connectivity index (χ0n) is 17.1. The Morgan fingerprint density at radius 3 is 2.32 bits per heavy atom. The number of nitrogens with zero attached hydrogens (tertiary/aromatic N) is 2. The smallest absolute Gasteiger partial charge is 0.435 e. The lowest BCUT2D eigenvalue weighted by Gasteiger charge is -2.10. The molecule has 174 valence electrons. The van der Waals surface area contributed by atoms with Crippen molar-refractivity contribution in [1.29, 1.82) is 0 Å². The summed E-state index contributed by atoms with van der Waals surface area (Å²) >= 11 is 6.16. The van der Waals surface area contributed by atoms with E-state index in [0.717, 1.165) is 22.9 Å². The van der Waals surface area contributed by atoms with Crippen LogP contribution in [0.4, 0.5) is 22.0 Å². The number of ether oxygens (including phenoxy) is 1. The van der Waals surface area contributed by atoms with Crippen molar-refractivity contribution in [2.24, 2.45) is 0 Å². The number of hydrogen-bond donors (Lipinski definition) is 0. The van der Waals surface area contributed by atoms with Crippen LogP contribution < -0.4 is 0 Å². The van der Waals surface area contributed by atoms with Crippen LogP contribution in [0.1, 0.15) is 21.6 Å². The Kier molecular flexibility index (Phi) is 6.39. The van der Waals surface area contributed by atoms with Crippen molar-refractivity contribution >= 4 is 17.6 Å². The van der Waals surface area contributed by atoms with Crippen molar-refractivity contribution < 1.29 is 31.5 Å². The molecule has 0 saturated heterocycles. The normalized spacial score (nSPS) is 11.5. The van der Waals surface area contributed by atoms with Gasteiger partial charge in [-0.2, -0.15) is 18.3 Å². The maximum atomic E-state index is 13.7. The van der Waals surface area contributed by atoms with Crippen molar-refractivity contribution in [1.82, 2.24) is 9.78 Å². The second-order valence-electron chi connectivity index (χ2n) is 7.17. The molecule has 3 aromatic carbocycles. The van der Waals surface area contributed by atoms with Crippen LogP contribution in [-0.2, 0) is 17.5 Å². The highest BCUT2D eigenvalue weighted by Gasteiger charge is 2.35. The first-order valence-corrected chi connectivity index (χ1v) is 10.1. The van der Waals surface area contributed by atoms with Gasteiger partial charge in [-0.25, -0.2) is 18.3 Å². The minimum absolute atomic E-state index is 0.00492. The molecule has 4 nitrogen and oxygen atoms in total. The maximum Gasteiger partial charge on any atom is 0.435 e. The van der Waals surface area contributed by atoms with E-state index in [1.54, 1.807) is 12.1 Å². The molecule has 0 radical (unpaired) electrons. The Morgan fingerprint density at radius 1 is 0.971 bits per heavy atom. The fraction of sp³-hybridized carbons (Fsp3) is 0.0833. The van der Waals surface area contributed by atoms with Gasteiger partial charge >= 0.3 is 12.1 Å². The first-order valence-electron chi connectivity index (χ1n) is 9.77. The van der Waals surface area contributed by atoms with Crippen molar-refractivity contribution in [3.05, 3.63) is 106 Å². The van der Waals surface area contributed by atoms with E-state index in [1.807, 2.05) is 0 Å². The Hall–Kier alpha value is -3.72. The first kappa shape index (κ1) is 23.4. The molecule has 1 aromatic heterocycles. The van der Waals surface area contributed by atoms with Crippen LogP contribution in [0.2, 0.25) is 5.02 Å². The molecule has 0 atom stereocenters. The Balaban J connectivity index is 1.60. The minimum Gasteiger partial charge on any atom is -0.457 e. The van der Waals surface area contributed by atoms with Crippen molar-refractivity contribution in [3.8, 4) is 16.9 Å². The molecule has 0 aliphatic rings. The molecule has 0 unspecified atom stereocenters. The van der Waals surface area contributed by atoms with Gasteiger partial charge in [0.25, 0.3) is 0 Å². The minimum atomic E-state index is -4.68. The summed E-state index contributed by atoms with van der Waals surface area (Å²) in [7, 11) is 0. The fourth-order valence-corrected chi connectivity index (χ4v) is 3.39. The number of benzene rings is 3. The number of alkyl halides is 3. The monoisotopic (exact) mass is 492 g/mol. The molecule has 1 heterocycles. The second kappa shape index (κ2) is 9.26. The Morgan fingerprint density at radius 2 is 1.68 bits per heavy atom. The van der Waals surface area contributed by atoms with Crippen molar-refractivity contribution in [3.63, 3.8) is 0 Å². The summed E-state index contributed by atoms with van der Waals surface area (Å²) in [6.45, 7) is -0.416. The van der Waals surface area contributed by atoms with Gasteiger partial charge in [-0.05, 0) is 42.5 Å². The summed E-state index contributed by atoms with van der Waals surface area (Å²) in [6.07, 6.45) is -4.68. The third-order valence-electron chi connectivity index (χ3n) is 4.87. The van der Waals surface area contributed by atoms with Gasteiger partial charge in [0.15, 0.2) is 5.69 Å². The van der Waals surface area contributed by atoms with Crippen LogP contribution in [0, 0.1) is 11.6 Å². The molecule has 0 amide bonds. The van der Waals surface area contributed by atoms with E-state index in [0.29, 0.717) is 11.6 Å². The predicted octanol–water partition coefficient (Wildman–Crippen LogP) is 6.85. The fourth-order valence-electron chi connectivity index (χ4n) is 3.17. The molecule has 0 saturated carbocycles. The molecule has 0 bridgehead atoms. The summed E-state index contributed by atoms with van der Waals surface area (Å²) in [5, 5.41) is 3.88. The van der Waals surface area contributed by atoms with Gasteiger partial charge in [-0.15, -0.1) is 0 Å². The van der Waals surface area contributed by atoms with Gasteiger partial charge in [0, 0.05) is 17.2 Å².